The van der Waals surface area contributed by atoms with Gasteiger partial charge in [-0.05, 0) is 24.8 Å². The van der Waals surface area contributed by atoms with E-state index in [4.69, 9.17) is 4.74 Å². The molecule has 0 atom stereocenters. The van der Waals surface area contributed by atoms with Crippen molar-refractivity contribution in [2.75, 3.05) is 31.7 Å². The monoisotopic (exact) mass is 271 g/mol. The van der Waals surface area contributed by atoms with E-state index in [1.165, 1.54) is 11.3 Å². The highest BCUT2D eigenvalue weighted by atomic mass is 33.1. The summed E-state index contributed by atoms with van der Waals surface area (Å²) >= 11 is 0. The molecule has 0 aromatic heterocycles. The Morgan fingerprint density at radius 3 is 2.76 bits per heavy atom. The molecule has 0 radical (unpaired) electrons. The lowest BCUT2D eigenvalue weighted by atomic mass is 10.2. The Morgan fingerprint density at radius 1 is 1.18 bits per heavy atom. The zero-order chi connectivity index (χ0) is 12.2. The molecule has 0 aliphatic rings. The summed E-state index contributed by atoms with van der Waals surface area (Å²) in [6.07, 6.45) is 3.19. The lowest BCUT2D eigenvalue weighted by Gasteiger charge is -2.05. The maximum absolute atomic E-state index is 5.60. The maximum atomic E-state index is 5.60. The quantitative estimate of drug-likeness (QED) is 0.521. The van der Waals surface area contributed by atoms with Crippen LogP contribution in [0.1, 0.15) is 12.0 Å². The van der Waals surface area contributed by atoms with Gasteiger partial charge in [0.15, 0.2) is 0 Å². The van der Waals surface area contributed by atoms with Crippen molar-refractivity contribution in [1.29, 1.82) is 0 Å². The highest BCUT2D eigenvalue weighted by molar-refractivity contribution is 8.76. The molecule has 1 aromatic rings. The second kappa shape index (κ2) is 11.0. The van der Waals surface area contributed by atoms with E-state index in [1.807, 2.05) is 39.8 Å². The van der Waals surface area contributed by atoms with Crippen LogP contribution < -0.4 is 5.32 Å². The summed E-state index contributed by atoms with van der Waals surface area (Å²) < 4.78 is 5.60. The predicted octanol–water partition coefficient (Wildman–Crippen LogP) is 3.19. The van der Waals surface area contributed by atoms with Crippen LogP contribution in [0.4, 0.5) is 0 Å². The number of benzene rings is 1. The van der Waals surface area contributed by atoms with Gasteiger partial charge >= 0.3 is 0 Å². The van der Waals surface area contributed by atoms with Gasteiger partial charge < -0.3 is 10.1 Å². The fourth-order valence-corrected chi connectivity index (χ4v) is 2.53. The minimum atomic E-state index is 0.725. The van der Waals surface area contributed by atoms with Crippen LogP contribution in [0.25, 0.3) is 0 Å². The molecule has 0 saturated heterocycles. The Balaban J connectivity index is 1.85. The van der Waals surface area contributed by atoms with E-state index in [1.54, 1.807) is 0 Å². The summed E-state index contributed by atoms with van der Waals surface area (Å²) in [5.41, 5.74) is 1.25. The zero-order valence-electron chi connectivity index (χ0n) is 10.4. The van der Waals surface area contributed by atoms with E-state index in [0.717, 1.165) is 32.7 Å². The van der Waals surface area contributed by atoms with Crippen molar-refractivity contribution in [3.8, 4) is 0 Å². The normalized spacial score (nSPS) is 10.6. The van der Waals surface area contributed by atoms with Gasteiger partial charge in [-0.3, -0.25) is 0 Å². The van der Waals surface area contributed by atoms with E-state index in [2.05, 4.69) is 23.7 Å². The lowest BCUT2D eigenvalue weighted by Crippen LogP contribution is -2.19. The van der Waals surface area contributed by atoms with E-state index in [9.17, 15) is 0 Å². The zero-order valence-corrected chi connectivity index (χ0v) is 12.0. The third-order valence-corrected chi connectivity index (χ3v) is 4.05. The lowest BCUT2D eigenvalue weighted by molar-refractivity contribution is 0.118. The third-order valence-electron chi connectivity index (χ3n) is 2.23. The summed E-state index contributed by atoms with van der Waals surface area (Å²) in [5.74, 6) is 1.17. The summed E-state index contributed by atoms with van der Waals surface area (Å²) in [5, 5.41) is 3.40. The molecule has 0 aliphatic carbocycles. The first-order valence-electron chi connectivity index (χ1n) is 5.91. The molecule has 1 aromatic carbocycles. The van der Waals surface area contributed by atoms with Crippen LogP contribution >= 0.6 is 21.6 Å². The fraction of sp³-hybridized carbons (Fsp3) is 0.538. The number of ether oxygens (including phenoxy) is 1. The standard InChI is InChI=1S/C13H21NOS2/c1-16-17-11-9-14-8-5-10-15-12-13-6-3-2-4-7-13/h2-4,6-7,14H,5,8-12H2,1H3. The van der Waals surface area contributed by atoms with E-state index in [-0.39, 0.29) is 0 Å². The van der Waals surface area contributed by atoms with Crippen molar-refractivity contribution < 1.29 is 4.74 Å². The molecule has 2 nitrogen and oxygen atoms in total. The number of hydrogen-bond acceptors (Lipinski definition) is 4. The molecule has 0 aliphatic heterocycles. The Labute approximate surface area is 112 Å². The minimum absolute atomic E-state index is 0.725. The average molecular weight is 271 g/mol. The van der Waals surface area contributed by atoms with Crippen molar-refractivity contribution >= 4 is 21.6 Å². The van der Waals surface area contributed by atoms with Crippen LogP contribution in [0.5, 0.6) is 0 Å². The smallest absolute Gasteiger partial charge is 0.0716 e. The Kier molecular flexibility index (Phi) is 9.61. The number of rotatable bonds is 10. The van der Waals surface area contributed by atoms with Crippen LogP contribution in [0, 0.1) is 0 Å². The summed E-state index contributed by atoms with van der Waals surface area (Å²) in [7, 11) is 3.72. The molecule has 1 N–H and O–H groups in total. The molecule has 96 valence electrons. The van der Waals surface area contributed by atoms with E-state index in [0.29, 0.717) is 0 Å². The first kappa shape index (κ1) is 14.9. The van der Waals surface area contributed by atoms with Crippen LogP contribution in [-0.4, -0.2) is 31.7 Å². The predicted molar refractivity (Wildman–Crippen MR) is 79.6 cm³/mol. The molecule has 0 saturated carbocycles. The van der Waals surface area contributed by atoms with Gasteiger partial charge in [-0.1, -0.05) is 51.9 Å². The van der Waals surface area contributed by atoms with Gasteiger partial charge in [0.1, 0.15) is 0 Å². The topological polar surface area (TPSA) is 21.3 Å². The number of hydrogen-bond donors (Lipinski definition) is 1. The largest absolute Gasteiger partial charge is 0.377 e. The first-order valence-corrected chi connectivity index (χ1v) is 8.64. The molecule has 0 fully saturated rings. The van der Waals surface area contributed by atoms with Crippen LogP contribution in [-0.2, 0) is 11.3 Å². The molecule has 4 heteroatoms. The van der Waals surface area contributed by atoms with Gasteiger partial charge in [-0.15, -0.1) is 0 Å². The van der Waals surface area contributed by atoms with Gasteiger partial charge in [-0.2, -0.15) is 0 Å². The number of nitrogens with one attached hydrogen (secondary N) is 1. The summed E-state index contributed by atoms with van der Waals surface area (Å²) in [6.45, 7) is 3.69. The average Bonchev–Trinajstić information content (AvgIpc) is 2.38. The SMILES string of the molecule is CSSCCNCCCOCc1ccccc1. The first-order chi connectivity index (χ1) is 8.43. The summed E-state index contributed by atoms with van der Waals surface area (Å²) in [6, 6.07) is 10.3. The fourth-order valence-electron chi connectivity index (χ4n) is 1.39. The Bertz CT molecular complexity index is 269. The van der Waals surface area contributed by atoms with Crippen LogP contribution in [0.15, 0.2) is 30.3 Å². The molecular formula is C13H21NOS2. The second-order valence-electron chi connectivity index (χ2n) is 3.63. The Hall–Kier alpha value is -0.160. The van der Waals surface area contributed by atoms with Gasteiger partial charge in [0.05, 0.1) is 6.61 Å². The van der Waals surface area contributed by atoms with Gasteiger partial charge in [0, 0.05) is 18.9 Å². The second-order valence-corrected chi connectivity index (χ2v) is 6.31. The maximum Gasteiger partial charge on any atom is 0.0716 e. The molecule has 17 heavy (non-hydrogen) atoms. The Morgan fingerprint density at radius 2 is 2.00 bits per heavy atom. The van der Waals surface area contributed by atoms with Crippen molar-refractivity contribution in [1.82, 2.24) is 5.32 Å². The molecule has 1 rings (SSSR count). The molecule has 0 bridgehead atoms. The molecule has 0 unspecified atom stereocenters. The highest BCUT2D eigenvalue weighted by Crippen LogP contribution is 2.14. The summed E-state index contributed by atoms with van der Waals surface area (Å²) in [4.78, 5) is 0. The van der Waals surface area contributed by atoms with Crippen molar-refractivity contribution in [3.63, 3.8) is 0 Å². The minimum Gasteiger partial charge on any atom is -0.377 e. The molecule has 0 amide bonds. The molecular weight excluding hydrogens is 250 g/mol. The molecule has 0 heterocycles. The highest BCUT2D eigenvalue weighted by Gasteiger charge is 1.92. The van der Waals surface area contributed by atoms with Crippen molar-refractivity contribution in [2.45, 2.75) is 13.0 Å². The third kappa shape index (κ3) is 8.55. The van der Waals surface area contributed by atoms with Crippen molar-refractivity contribution in [2.24, 2.45) is 0 Å². The van der Waals surface area contributed by atoms with Crippen LogP contribution in [0.2, 0.25) is 0 Å². The van der Waals surface area contributed by atoms with Crippen LogP contribution in [0.3, 0.4) is 0 Å². The van der Waals surface area contributed by atoms with Gasteiger partial charge in [-0.25, -0.2) is 0 Å². The van der Waals surface area contributed by atoms with E-state index < -0.39 is 0 Å². The van der Waals surface area contributed by atoms with Gasteiger partial charge in [0.2, 0.25) is 0 Å². The molecule has 0 spiro atoms. The van der Waals surface area contributed by atoms with E-state index >= 15 is 0 Å². The van der Waals surface area contributed by atoms with Gasteiger partial charge in [0.25, 0.3) is 0 Å². The van der Waals surface area contributed by atoms with Crippen molar-refractivity contribution in [3.05, 3.63) is 35.9 Å².